The number of nitrogens with zero attached hydrogens (tertiary/aromatic N) is 3. The number of carbonyl (C=O) groups excluding carboxylic acids is 1. The van der Waals surface area contributed by atoms with Gasteiger partial charge in [0.2, 0.25) is 0 Å². The maximum Gasteiger partial charge on any atom is 0.269 e. The molecule has 33 heavy (non-hydrogen) atoms. The topological polar surface area (TPSA) is 101 Å². The predicted octanol–water partition coefficient (Wildman–Crippen LogP) is 5.28. The maximum atomic E-state index is 13.6. The SMILES string of the molecule is N#C/C(=C\c1cn(Cc2cccc(F)c2)c2ccccc12)C(=O)Nc1ccc([N+](=O)[O-])cc1. The van der Waals surface area contributed by atoms with Gasteiger partial charge in [-0.1, -0.05) is 30.3 Å². The Morgan fingerprint density at radius 2 is 1.88 bits per heavy atom. The van der Waals surface area contributed by atoms with E-state index in [2.05, 4.69) is 5.32 Å². The molecule has 0 radical (unpaired) electrons. The molecule has 3 aromatic carbocycles. The van der Waals surface area contributed by atoms with Gasteiger partial charge in [-0.2, -0.15) is 5.26 Å². The Morgan fingerprint density at radius 1 is 1.12 bits per heavy atom. The molecular weight excluding hydrogens is 423 g/mol. The molecule has 0 fully saturated rings. The zero-order chi connectivity index (χ0) is 23.4. The third-order valence-corrected chi connectivity index (χ3v) is 5.06. The fourth-order valence-electron chi connectivity index (χ4n) is 3.52. The van der Waals surface area contributed by atoms with Gasteiger partial charge in [-0.25, -0.2) is 4.39 Å². The van der Waals surface area contributed by atoms with Crippen LogP contribution in [0.15, 0.2) is 84.6 Å². The van der Waals surface area contributed by atoms with E-state index >= 15 is 0 Å². The van der Waals surface area contributed by atoms with Crippen LogP contribution < -0.4 is 5.32 Å². The van der Waals surface area contributed by atoms with Crippen LogP contribution in [0.2, 0.25) is 0 Å². The van der Waals surface area contributed by atoms with Crippen molar-refractivity contribution in [3.05, 3.63) is 112 Å². The smallest absolute Gasteiger partial charge is 0.269 e. The van der Waals surface area contributed by atoms with Crippen molar-refractivity contribution in [2.45, 2.75) is 6.54 Å². The monoisotopic (exact) mass is 440 g/mol. The number of halogens is 1. The van der Waals surface area contributed by atoms with Gasteiger partial charge in [0.1, 0.15) is 17.5 Å². The van der Waals surface area contributed by atoms with E-state index in [1.54, 1.807) is 6.07 Å². The van der Waals surface area contributed by atoms with Gasteiger partial charge in [0.05, 0.1) is 4.92 Å². The first-order valence-corrected chi connectivity index (χ1v) is 9.94. The first kappa shape index (κ1) is 21.5. The van der Waals surface area contributed by atoms with E-state index in [0.29, 0.717) is 17.8 Å². The Bertz CT molecular complexity index is 1430. The largest absolute Gasteiger partial charge is 0.342 e. The van der Waals surface area contributed by atoms with Gasteiger partial charge in [0.25, 0.3) is 11.6 Å². The van der Waals surface area contributed by atoms with Crippen LogP contribution in [0.5, 0.6) is 0 Å². The second-order valence-corrected chi connectivity index (χ2v) is 7.29. The Balaban J connectivity index is 1.64. The summed E-state index contributed by atoms with van der Waals surface area (Å²) in [6.45, 7) is 0.420. The third kappa shape index (κ3) is 4.78. The van der Waals surface area contributed by atoms with E-state index in [0.717, 1.165) is 16.5 Å². The van der Waals surface area contributed by atoms with Crippen LogP contribution in [0.1, 0.15) is 11.1 Å². The lowest BCUT2D eigenvalue weighted by Gasteiger charge is -2.05. The zero-order valence-corrected chi connectivity index (χ0v) is 17.2. The molecular formula is C25H17FN4O3. The summed E-state index contributed by atoms with van der Waals surface area (Å²) in [6, 6.07) is 21.1. The molecule has 4 rings (SSSR count). The van der Waals surface area contributed by atoms with Crippen LogP contribution >= 0.6 is 0 Å². The molecule has 0 aliphatic heterocycles. The van der Waals surface area contributed by atoms with Crippen molar-refractivity contribution in [1.29, 1.82) is 5.26 Å². The third-order valence-electron chi connectivity index (χ3n) is 5.06. The average Bonchev–Trinajstić information content (AvgIpc) is 3.15. The van der Waals surface area contributed by atoms with Gasteiger partial charge < -0.3 is 9.88 Å². The number of amides is 1. The number of hydrogen-bond donors (Lipinski definition) is 1. The summed E-state index contributed by atoms with van der Waals surface area (Å²) in [5, 5.41) is 23.8. The Labute approximate surface area is 188 Å². The normalized spacial score (nSPS) is 11.2. The summed E-state index contributed by atoms with van der Waals surface area (Å²) in [7, 11) is 0. The number of hydrogen-bond acceptors (Lipinski definition) is 4. The van der Waals surface area contributed by atoms with E-state index in [4.69, 9.17) is 0 Å². The molecule has 0 saturated heterocycles. The van der Waals surface area contributed by atoms with Gasteiger partial charge in [-0.15, -0.1) is 0 Å². The van der Waals surface area contributed by atoms with E-state index in [9.17, 15) is 24.6 Å². The predicted molar refractivity (Wildman–Crippen MR) is 123 cm³/mol. The van der Waals surface area contributed by atoms with E-state index in [1.807, 2.05) is 47.2 Å². The van der Waals surface area contributed by atoms with Gasteiger partial charge in [-0.05, 0) is 42.0 Å². The Morgan fingerprint density at radius 3 is 2.58 bits per heavy atom. The summed E-state index contributed by atoms with van der Waals surface area (Å²) >= 11 is 0. The van der Waals surface area contributed by atoms with Gasteiger partial charge in [-0.3, -0.25) is 14.9 Å². The number of non-ortho nitro benzene ring substituents is 1. The number of nitrogens with one attached hydrogen (secondary N) is 1. The lowest BCUT2D eigenvalue weighted by Crippen LogP contribution is -2.13. The van der Waals surface area contributed by atoms with Gasteiger partial charge >= 0.3 is 0 Å². The minimum Gasteiger partial charge on any atom is -0.342 e. The molecule has 162 valence electrons. The molecule has 1 N–H and O–H groups in total. The number of fused-ring (bicyclic) bond motifs is 1. The van der Waals surface area contributed by atoms with E-state index in [1.165, 1.54) is 42.5 Å². The van der Waals surface area contributed by atoms with Crippen LogP contribution in [0.3, 0.4) is 0 Å². The number of nitro benzene ring substituents is 1. The number of benzene rings is 3. The molecule has 0 aliphatic carbocycles. The molecule has 0 bridgehead atoms. The molecule has 7 nitrogen and oxygen atoms in total. The second-order valence-electron chi connectivity index (χ2n) is 7.29. The van der Waals surface area contributed by atoms with Crippen LogP contribution in [0.25, 0.3) is 17.0 Å². The maximum absolute atomic E-state index is 13.6. The van der Waals surface area contributed by atoms with Crippen molar-refractivity contribution in [1.82, 2.24) is 4.57 Å². The van der Waals surface area contributed by atoms with Gasteiger partial charge in [0, 0.05) is 47.0 Å². The first-order valence-electron chi connectivity index (χ1n) is 9.94. The molecule has 1 aromatic heterocycles. The summed E-state index contributed by atoms with van der Waals surface area (Å²) in [4.78, 5) is 22.9. The van der Waals surface area contributed by atoms with Crippen molar-refractivity contribution in [2.75, 3.05) is 5.32 Å². The molecule has 0 atom stereocenters. The van der Waals surface area contributed by atoms with Crippen LogP contribution in [0.4, 0.5) is 15.8 Å². The number of nitro groups is 1. The number of anilines is 1. The molecule has 1 heterocycles. The summed E-state index contributed by atoms with van der Waals surface area (Å²) in [5.41, 5.74) is 2.43. The first-order chi connectivity index (χ1) is 15.9. The van der Waals surface area contributed by atoms with E-state index in [-0.39, 0.29) is 17.1 Å². The lowest BCUT2D eigenvalue weighted by atomic mass is 10.1. The second kappa shape index (κ2) is 9.16. The standard InChI is InChI=1S/C25H17FN4O3/c26-20-5-3-4-17(12-20)15-29-16-19(23-6-1-2-7-24(23)29)13-18(14-27)25(31)28-21-8-10-22(11-9-21)30(32)33/h1-13,16H,15H2,(H,28,31)/b18-13+. The summed E-state index contributed by atoms with van der Waals surface area (Å²) < 4.78 is 15.5. The summed E-state index contributed by atoms with van der Waals surface area (Å²) in [5.74, 6) is -0.952. The number of para-hydroxylation sites is 1. The zero-order valence-electron chi connectivity index (χ0n) is 17.2. The Hall–Kier alpha value is -4.77. The number of nitriles is 1. The molecule has 8 heteroatoms. The highest BCUT2D eigenvalue weighted by atomic mass is 19.1. The highest BCUT2D eigenvalue weighted by molar-refractivity contribution is 6.10. The molecule has 0 spiro atoms. The molecule has 0 aliphatic rings. The molecule has 1 amide bonds. The van der Waals surface area contributed by atoms with Gasteiger partial charge in [0.15, 0.2) is 0 Å². The van der Waals surface area contributed by atoms with Crippen molar-refractivity contribution < 1.29 is 14.1 Å². The fourth-order valence-corrected chi connectivity index (χ4v) is 3.52. The van der Waals surface area contributed by atoms with Crippen LogP contribution in [0, 0.1) is 27.3 Å². The molecule has 0 unspecified atom stereocenters. The lowest BCUT2D eigenvalue weighted by molar-refractivity contribution is -0.384. The van der Waals surface area contributed by atoms with Crippen molar-refractivity contribution in [2.24, 2.45) is 0 Å². The Kier molecular flexibility index (Phi) is 5.96. The van der Waals surface area contributed by atoms with Crippen molar-refractivity contribution in [3.8, 4) is 6.07 Å². The highest BCUT2D eigenvalue weighted by Crippen LogP contribution is 2.25. The van der Waals surface area contributed by atoms with Crippen LogP contribution in [-0.4, -0.2) is 15.4 Å². The number of carbonyl (C=O) groups is 1. The summed E-state index contributed by atoms with van der Waals surface area (Å²) in [6.07, 6.45) is 3.30. The molecule has 0 saturated carbocycles. The minimum absolute atomic E-state index is 0.102. The highest BCUT2D eigenvalue weighted by Gasteiger charge is 2.14. The molecule has 4 aromatic rings. The fraction of sp³-hybridized carbons (Fsp3) is 0.0400. The average molecular weight is 440 g/mol. The van der Waals surface area contributed by atoms with Crippen molar-refractivity contribution in [3.63, 3.8) is 0 Å². The minimum atomic E-state index is -0.631. The van der Waals surface area contributed by atoms with Crippen LogP contribution in [-0.2, 0) is 11.3 Å². The number of aromatic nitrogens is 1. The number of rotatable bonds is 6. The van der Waals surface area contributed by atoms with Crippen molar-refractivity contribution >= 4 is 34.3 Å². The quantitative estimate of drug-likeness (QED) is 0.191. The van der Waals surface area contributed by atoms with E-state index < -0.39 is 10.8 Å².